The van der Waals surface area contributed by atoms with Gasteiger partial charge in [0.05, 0.1) is 11.2 Å². The Bertz CT molecular complexity index is 468. The minimum absolute atomic E-state index is 0.125. The third-order valence-electron chi connectivity index (χ3n) is 2.19. The molecule has 0 saturated heterocycles. The van der Waals surface area contributed by atoms with E-state index in [0.717, 1.165) is 6.26 Å². The summed E-state index contributed by atoms with van der Waals surface area (Å²) < 4.78 is 21.6. The van der Waals surface area contributed by atoms with Gasteiger partial charge in [-0.1, -0.05) is 0 Å². The number of imide groups is 1. The van der Waals surface area contributed by atoms with Gasteiger partial charge in [-0.15, -0.1) is 0 Å². The zero-order chi connectivity index (χ0) is 15.3. The van der Waals surface area contributed by atoms with E-state index in [4.69, 9.17) is 5.11 Å². The van der Waals surface area contributed by atoms with Gasteiger partial charge in [0.1, 0.15) is 9.84 Å². The van der Waals surface area contributed by atoms with Gasteiger partial charge in [-0.3, -0.25) is 14.9 Å². The number of carbonyl (C=O) groups excluding carboxylic acids is 2. The maximum Gasteiger partial charge on any atom is 0.321 e. The summed E-state index contributed by atoms with van der Waals surface area (Å²) in [6, 6.07) is -0.852. The van der Waals surface area contributed by atoms with Gasteiger partial charge in [-0.05, 0) is 13.8 Å². The highest BCUT2D eigenvalue weighted by Crippen LogP contribution is 2.19. The first-order valence-corrected chi connectivity index (χ1v) is 7.49. The number of nitrogens with one attached hydrogen (secondary N) is 2. The highest BCUT2D eigenvalue weighted by atomic mass is 32.2. The Morgan fingerprint density at radius 1 is 1.21 bits per heavy atom. The van der Waals surface area contributed by atoms with E-state index < -0.39 is 33.2 Å². The molecule has 0 radical (unpaired) electrons. The van der Waals surface area contributed by atoms with Crippen molar-refractivity contribution in [1.29, 1.82) is 0 Å². The van der Waals surface area contributed by atoms with E-state index >= 15 is 0 Å². The molecule has 9 heteroatoms. The molecule has 0 saturated carbocycles. The SMILES string of the molecule is CC(C)(CC(=O)NC(=O)NCCS(C)(=O)=O)C(=O)O. The fourth-order valence-electron chi connectivity index (χ4n) is 1.04. The van der Waals surface area contributed by atoms with Crippen LogP contribution in [-0.2, 0) is 19.4 Å². The molecule has 3 N–H and O–H groups in total. The molecule has 0 fully saturated rings. The number of sulfone groups is 1. The lowest BCUT2D eigenvalue weighted by Gasteiger charge is -2.17. The number of urea groups is 1. The van der Waals surface area contributed by atoms with E-state index in [0.29, 0.717) is 0 Å². The van der Waals surface area contributed by atoms with Gasteiger partial charge in [0, 0.05) is 19.2 Å². The van der Waals surface area contributed by atoms with E-state index in [1.165, 1.54) is 13.8 Å². The van der Waals surface area contributed by atoms with Crippen molar-refractivity contribution in [2.75, 3.05) is 18.6 Å². The topological polar surface area (TPSA) is 130 Å². The molecule has 0 aromatic heterocycles. The molecule has 0 aliphatic carbocycles. The summed E-state index contributed by atoms with van der Waals surface area (Å²) >= 11 is 0. The molecule has 110 valence electrons. The quantitative estimate of drug-likeness (QED) is 0.597. The molecule has 0 aromatic rings. The predicted octanol–water partition coefficient (Wildman–Crippen LogP) is -0.642. The zero-order valence-corrected chi connectivity index (χ0v) is 11.8. The number of rotatable bonds is 6. The van der Waals surface area contributed by atoms with E-state index in [1.54, 1.807) is 0 Å². The summed E-state index contributed by atoms with van der Waals surface area (Å²) in [5, 5.41) is 12.9. The summed E-state index contributed by atoms with van der Waals surface area (Å²) in [6.07, 6.45) is 0.662. The summed E-state index contributed by atoms with van der Waals surface area (Å²) in [6.45, 7) is 2.59. The van der Waals surface area contributed by atoms with Crippen LogP contribution >= 0.6 is 0 Å². The molecule has 0 rings (SSSR count). The molecule has 0 atom stereocenters. The van der Waals surface area contributed by atoms with Crippen LogP contribution in [0.4, 0.5) is 4.79 Å². The Morgan fingerprint density at radius 2 is 1.74 bits per heavy atom. The first-order valence-electron chi connectivity index (χ1n) is 5.43. The molecule has 0 aliphatic heterocycles. The molecule has 8 nitrogen and oxygen atoms in total. The highest BCUT2D eigenvalue weighted by molar-refractivity contribution is 7.90. The van der Waals surface area contributed by atoms with Crippen LogP contribution in [0.25, 0.3) is 0 Å². The lowest BCUT2D eigenvalue weighted by molar-refractivity contribution is -0.149. The molecule has 0 aromatic carbocycles. The Balaban J connectivity index is 4.14. The number of amides is 3. The largest absolute Gasteiger partial charge is 0.481 e. The molecule has 19 heavy (non-hydrogen) atoms. The normalized spacial score (nSPS) is 11.7. The second-order valence-electron chi connectivity index (χ2n) is 4.80. The lowest BCUT2D eigenvalue weighted by atomic mass is 9.89. The second kappa shape index (κ2) is 6.50. The van der Waals surface area contributed by atoms with Gasteiger partial charge < -0.3 is 10.4 Å². The summed E-state index contributed by atoms with van der Waals surface area (Å²) in [4.78, 5) is 33.4. The van der Waals surface area contributed by atoms with Crippen LogP contribution in [0.1, 0.15) is 20.3 Å². The molecule has 0 unspecified atom stereocenters. The van der Waals surface area contributed by atoms with Crippen molar-refractivity contribution in [3.8, 4) is 0 Å². The fraction of sp³-hybridized carbons (Fsp3) is 0.700. The predicted molar refractivity (Wildman–Crippen MR) is 67.3 cm³/mol. The van der Waals surface area contributed by atoms with Gasteiger partial charge in [0.2, 0.25) is 5.91 Å². The maximum atomic E-state index is 11.4. The summed E-state index contributed by atoms with van der Waals surface area (Å²) in [5.41, 5.74) is -1.28. The smallest absolute Gasteiger partial charge is 0.321 e. The zero-order valence-electron chi connectivity index (χ0n) is 11.0. The highest BCUT2D eigenvalue weighted by Gasteiger charge is 2.30. The molecule has 0 spiro atoms. The standard InChI is InChI=1S/C10H18N2O6S/c1-10(2,8(14)15)6-7(13)12-9(16)11-4-5-19(3,17)18/h4-6H2,1-3H3,(H,14,15)(H2,11,12,13,16). The Labute approximate surface area is 111 Å². The van der Waals surface area contributed by atoms with Crippen molar-refractivity contribution < 1.29 is 27.9 Å². The molecule has 0 heterocycles. The number of carbonyl (C=O) groups is 3. The lowest BCUT2D eigenvalue weighted by Crippen LogP contribution is -2.43. The first kappa shape index (κ1) is 17.4. The average Bonchev–Trinajstić information content (AvgIpc) is 2.13. The second-order valence-corrected chi connectivity index (χ2v) is 7.06. The van der Waals surface area contributed by atoms with Crippen LogP contribution in [0.15, 0.2) is 0 Å². The first-order chi connectivity index (χ1) is 8.44. The Morgan fingerprint density at radius 3 is 2.16 bits per heavy atom. The van der Waals surface area contributed by atoms with Gasteiger partial charge in [-0.25, -0.2) is 13.2 Å². The summed E-state index contributed by atoms with van der Waals surface area (Å²) in [5.74, 6) is -2.14. The van der Waals surface area contributed by atoms with Gasteiger partial charge in [0.15, 0.2) is 0 Å². The van der Waals surface area contributed by atoms with Crippen molar-refractivity contribution in [2.45, 2.75) is 20.3 Å². The van der Waals surface area contributed by atoms with Gasteiger partial charge in [-0.2, -0.15) is 0 Å². The maximum absolute atomic E-state index is 11.4. The van der Waals surface area contributed by atoms with E-state index in [1.807, 2.05) is 5.32 Å². The van der Waals surface area contributed by atoms with E-state index in [9.17, 15) is 22.8 Å². The molecule has 0 aliphatic rings. The van der Waals surface area contributed by atoms with Crippen LogP contribution in [0.2, 0.25) is 0 Å². The van der Waals surface area contributed by atoms with Gasteiger partial charge >= 0.3 is 12.0 Å². The molecule has 0 bridgehead atoms. The molecule has 3 amide bonds. The van der Waals surface area contributed by atoms with Gasteiger partial charge in [0.25, 0.3) is 0 Å². The minimum Gasteiger partial charge on any atom is -0.481 e. The number of aliphatic carboxylic acids is 1. The molecular weight excluding hydrogens is 276 g/mol. The average molecular weight is 294 g/mol. The van der Waals surface area contributed by atoms with Crippen molar-refractivity contribution in [2.24, 2.45) is 5.41 Å². The molecular formula is C10H18N2O6S. The van der Waals surface area contributed by atoms with Crippen molar-refractivity contribution in [1.82, 2.24) is 10.6 Å². The third-order valence-corrected chi connectivity index (χ3v) is 3.14. The van der Waals surface area contributed by atoms with Crippen LogP contribution < -0.4 is 10.6 Å². The van der Waals surface area contributed by atoms with Crippen molar-refractivity contribution in [3.05, 3.63) is 0 Å². The minimum atomic E-state index is -3.19. The third kappa shape index (κ3) is 8.14. The van der Waals surface area contributed by atoms with Crippen LogP contribution in [-0.4, -0.2) is 50.0 Å². The van der Waals surface area contributed by atoms with Crippen LogP contribution in [0.3, 0.4) is 0 Å². The Kier molecular flexibility index (Phi) is 5.94. The monoisotopic (exact) mass is 294 g/mol. The number of carboxylic acid groups (broad SMARTS) is 1. The number of carboxylic acids is 1. The number of hydrogen-bond acceptors (Lipinski definition) is 5. The Hall–Kier alpha value is -1.64. The van der Waals surface area contributed by atoms with Crippen molar-refractivity contribution in [3.63, 3.8) is 0 Å². The van der Waals surface area contributed by atoms with Crippen LogP contribution in [0, 0.1) is 5.41 Å². The number of hydrogen-bond donors (Lipinski definition) is 3. The fourth-order valence-corrected chi connectivity index (χ4v) is 1.51. The summed E-state index contributed by atoms with van der Waals surface area (Å²) in [7, 11) is -3.19. The van der Waals surface area contributed by atoms with E-state index in [-0.39, 0.29) is 18.7 Å². The van der Waals surface area contributed by atoms with E-state index in [2.05, 4.69) is 5.32 Å². The van der Waals surface area contributed by atoms with Crippen LogP contribution in [0.5, 0.6) is 0 Å². The van der Waals surface area contributed by atoms with Crippen molar-refractivity contribution >= 4 is 27.7 Å².